The molecule has 0 aliphatic carbocycles. The first kappa shape index (κ1) is 17.4. The number of benzene rings is 2. The number of rotatable bonds is 4. The fourth-order valence-corrected chi connectivity index (χ4v) is 4.83. The van der Waals surface area contributed by atoms with E-state index in [0.29, 0.717) is 11.1 Å². The summed E-state index contributed by atoms with van der Waals surface area (Å²) in [5.41, 5.74) is 2.39. The molecule has 2 aromatic carbocycles. The van der Waals surface area contributed by atoms with Gasteiger partial charge >= 0.3 is 5.97 Å². The third-order valence-electron chi connectivity index (χ3n) is 4.39. The molecule has 0 fully saturated rings. The summed E-state index contributed by atoms with van der Waals surface area (Å²) in [7, 11) is -3.83. The maximum atomic E-state index is 13.2. The van der Waals surface area contributed by atoms with Gasteiger partial charge < -0.3 is 5.11 Å². The first-order valence-electron chi connectivity index (χ1n) is 7.90. The van der Waals surface area contributed by atoms with Crippen molar-refractivity contribution < 1.29 is 18.3 Å². The van der Waals surface area contributed by atoms with Crippen molar-refractivity contribution in [2.24, 2.45) is 0 Å². The van der Waals surface area contributed by atoms with Gasteiger partial charge in [-0.3, -0.25) is 0 Å². The zero-order valence-electron chi connectivity index (χ0n) is 14.0. The van der Waals surface area contributed by atoms with Crippen LogP contribution in [0.15, 0.2) is 65.1 Å². The van der Waals surface area contributed by atoms with E-state index in [4.69, 9.17) is 0 Å². The number of aryl methyl sites for hydroxylation is 2. The highest BCUT2D eigenvalue weighted by molar-refractivity contribution is 7.89. The summed E-state index contributed by atoms with van der Waals surface area (Å²) in [5, 5.41) is 9.52. The fourth-order valence-electron chi connectivity index (χ4n) is 3.07. The fraction of sp³-hybridized carbons (Fsp3) is 0.211. The summed E-state index contributed by atoms with van der Waals surface area (Å²) in [5.74, 6) is -1.10. The third kappa shape index (κ3) is 3.10. The van der Waals surface area contributed by atoms with Crippen molar-refractivity contribution in [2.75, 3.05) is 6.54 Å². The van der Waals surface area contributed by atoms with Crippen molar-refractivity contribution in [1.29, 1.82) is 0 Å². The number of nitrogens with zero attached hydrogens (tertiary/aromatic N) is 1. The molecular formula is C19H19NO4S. The van der Waals surface area contributed by atoms with Gasteiger partial charge in [-0.15, -0.1) is 0 Å². The molecule has 130 valence electrons. The molecule has 6 heteroatoms. The largest absolute Gasteiger partial charge is 0.478 e. The van der Waals surface area contributed by atoms with Gasteiger partial charge in [0.05, 0.1) is 16.5 Å². The van der Waals surface area contributed by atoms with Gasteiger partial charge in [-0.05, 0) is 31.0 Å². The number of carboxylic acids is 1. The Morgan fingerprint density at radius 3 is 2.32 bits per heavy atom. The van der Waals surface area contributed by atoms with Gasteiger partial charge in [0, 0.05) is 6.54 Å². The summed E-state index contributed by atoms with van der Waals surface area (Å²) in [6.45, 7) is 3.69. The second-order valence-electron chi connectivity index (χ2n) is 6.12. The SMILES string of the molecule is Cc1ccc(C2C(C(=O)O)=CCN2S(=O)(=O)c2ccccc2C)cc1. The maximum Gasteiger partial charge on any atom is 0.333 e. The monoisotopic (exact) mass is 357 g/mol. The lowest BCUT2D eigenvalue weighted by atomic mass is 10.00. The molecule has 1 heterocycles. The first-order valence-corrected chi connectivity index (χ1v) is 9.34. The number of hydrogen-bond acceptors (Lipinski definition) is 3. The van der Waals surface area contributed by atoms with Crippen molar-refractivity contribution in [1.82, 2.24) is 4.31 Å². The molecule has 0 aromatic heterocycles. The second kappa shape index (κ2) is 6.46. The van der Waals surface area contributed by atoms with Crippen LogP contribution in [0.2, 0.25) is 0 Å². The molecule has 2 aromatic rings. The van der Waals surface area contributed by atoms with Crippen LogP contribution in [0.3, 0.4) is 0 Å². The van der Waals surface area contributed by atoms with Crippen molar-refractivity contribution in [2.45, 2.75) is 24.8 Å². The molecule has 0 saturated carbocycles. The van der Waals surface area contributed by atoms with Crippen molar-refractivity contribution >= 4 is 16.0 Å². The molecule has 0 bridgehead atoms. The van der Waals surface area contributed by atoms with Crippen LogP contribution < -0.4 is 0 Å². The minimum atomic E-state index is -3.83. The van der Waals surface area contributed by atoms with Crippen molar-refractivity contribution in [3.8, 4) is 0 Å². The Labute approximate surface area is 147 Å². The zero-order chi connectivity index (χ0) is 18.2. The molecule has 1 unspecified atom stereocenters. The summed E-state index contributed by atoms with van der Waals surface area (Å²) in [4.78, 5) is 11.8. The number of aliphatic carboxylic acids is 1. The summed E-state index contributed by atoms with van der Waals surface area (Å²) < 4.78 is 27.6. The molecule has 5 nitrogen and oxygen atoms in total. The average molecular weight is 357 g/mol. The maximum absolute atomic E-state index is 13.2. The molecule has 1 N–H and O–H groups in total. The van der Waals surface area contributed by atoms with Crippen LogP contribution in [0.1, 0.15) is 22.7 Å². The van der Waals surface area contributed by atoms with Crippen molar-refractivity contribution in [3.63, 3.8) is 0 Å². The van der Waals surface area contributed by atoms with Gasteiger partial charge in [-0.25, -0.2) is 13.2 Å². The molecule has 1 aliphatic heterocycles. The van der Waals surface area contributed by atoms with Crippen LogP contribution in [0.25, 0.3) is 0 Å². The molecule has 25 heavy (non-hydrogen) atoms. The van der Waals surface area contributed by atoms with Gasteiger partial charge in [0.25, 0.3) is 0 Å². The predicted molar refractivity (Wildman–Crippen MR) is 94.7 cm³/mol. The number of carboxylic acid groups (broad SMARTS) is 1. The molecule has 0 radical (unpaired) electrons. The van der Waals surface area contributed by atoms with E-state index in [1.54, 1.807) is 43.3 Å². The summed E-state index contributed by atoms with van der Waals surface area (Å²) >= 11 is 0. The van der Waals surface area contributed by atoms with Gasteiger partial charge in [-0.2, -0.15) is 4.31 Å². The number of carbonyl (C=O) groups is 1. The molecule has 0 amide bonds. The lowest BCUT2D eigenvalue weighted by molar-refractivity contribution is -0.133. The van der Waals surface area contributed by atoms with E-state index in [1.165, 1.54) is 10.4 Å². The van der Waals surface area contributed by atoms with Crippen LogP contribution >= 0.6 is 0 Å². The minimum absolute atomic E-state index is 0.0385. The smallest absolute Gasteiger partial charge is 0.333 e. The molecule has 3 rings (SSSR count). The van der Waals surface area contributed by atoms with E-state index >= 15 is 0 Å². The molecule has 1 aliphatic rings. The number of hydrogen-bond donors (Lipinski definition) is 1. The van der Waals surface area contributed by atoms with E-state index in [-0.39, 0.29) is 17.0 Å². The van der Waals surface area contributed by atoms with Gasteiger partial charge in [-0.1, -0.05) is 54.1 Å². The van der Waals surface area contributed by atoms with Gasteiger partial charge in [0.1, 0.15) is 0 Å². The summed E-state index contributed by atoms with van der Waals surface area (Å²) in [6.07, 6.45) is 1.47. The Bertz CT molecular complexity index is 946. The Hall–Kier alpha value is -2.44. The van der Waals surface area contributed by atoms with Crippen LogP contribution in [-0.2, 0) is 14.8 Å². The second-order valence-corrected chi connectivity index (χ2v) is 7.98. The van der Waals surface area contributed by atoms with Gasteiger partial charge in [0.2, 0.25) is 10.0 Å². The van der Waals surface area contributed by atoms with E-state index in [1.807, 2.05) is 19.1 Å². The Balaban J connectivity index is 2.10. The first-order chi connectivity index (χ1) is 11.8. The van der Waals surface area contributed by atoms with Gasteiger partial charge in [0.15, 0.2) is 0 Å². The lowest BCUT2D eigenvalue weighted by Crippen LogP contribution is -2.33. The van der Waals surface area contributed by atoms with E-state index in [9.17, 15) is 18.3 Å². The van der Waals surface area contributed by atoms with Crippen LogP contribution in [0.5, 0.6) is 0 Å². The quantitative estimate of drug-likeness (QED) is 0.912. The number of sulfonamides is 1. The lowest BCUT2D eigenvalue weighted by Gasteiger charge is -2.26. The average Bonchev–Trinajstić information content (AvgIpc) is 3.02. The molecule has 1 atom stereocenters. The molecule has 0 saturated heterocycles. The highest BCUT2D eigenvalue weighted by Gasteiger charge is 2.40. The molecule has 0 spiro atoms. The van der Waals surface area contributed by atoms with E-state index in [0.717, 1.165) is 5.56 Å². The predicted octanol–water partition coefficient (Wildman–Crippen LogP) is 3.06. The Morgan fingerprint density at radius 1 is 1.08 bits per heavy atom. The van der Waals surface area contributed by atoms with Crippen LogP contribution in [-0.4, -0.2) is 30.3 Å². The minimum Gasteiger partial charge on any atom is -0.478 e. The van der Waals surface area contributed by atoms with Crippen LogP contribution in [0.4, 0.5) is 0 Å². The standard InChI is InChI=1S/C19H19NO4S/c1-13-7-9-15(10-8-13)18-16(19(21)22)11-12-20(18)25(23,24)17-6-4-3-5-14(17)2/h3-11,18H,12H2,1-2H3,(H,21,22). The Morgan fingerprint density at radius 2 is 1.72 bits per heavy atom. The topological polar surface area (TPSA) is 74.7 Å². The van der Waals surface area contributed by atoms with E-state index < -0.39 is 22.0 Å². The van der Waals surface area contributed by atoms with Crippen LogP contribution in [0, 0.1) is 13.8 Å². The van der Waals surface area contributed by atoms with E-state index in [2.05, 4.69) is 0 Å². The third-order valence-corrected chi connectivity index (χ3v) is 6.39. The highest BCUT2D eigenvalue weighted by atomic mass is 32.2. The Kier molecular flexibility index (Phi) is 4.49. The van der Waals surface area contributed by atoms with Crippen molar-refractivity contribution in [3.05, 3.63) is 76.9 Å². The normalized spacial score (nSPS) is 18.2. The summed E-state index contributed by atoms with van der Waals surface area (Å²) in [6, 6.07) is 13.2. The highest BCUT2D eigenvalue weighted by Crippen LogP contribution is 2.38. The zero-order valence-corrected chi connectivity index (χ0v) is 14.8. The molecular weight excluding hydrogens is 338 g/mol.